The Bertz CT molecular complexity index is 846. The summed E-state index contributed by atoms with van der Waals surface area (Å²) in [5.74, 6) is 1.46. The number of hydrogen-bond acceptors (Lipinski definition) is 5. The van der Waals surface area contributed by atoms with Crippen molar-refractivity contribution in [1.29, 1.82) is 0 Å². The maximum atomic E-state index is 12.4. The van der Waals surface area contributed by atoms with Crippen LogP contribution in [0, 0.1) is 6.92 Å². The lowest BCUT2D eigenvalue weighted by Gasteiger charge is -2.11. The molecule has 0 saturated carbocycles. The number of hydrogen-bond donors (Lipinski definition) is 1. The highest BCUT2D eigenvalue weighted by Crippen LogP contribution is 2.31. The van der Waals surface area contributed by atoms with Crippen molar-refractivity contribution in [3.63, 3.8) is 0 Å². The van der Waals surface area contributed by atoms with Crippen LogP contribution in [0.3, 0.4) is 0 Å². The second-order valence-corrected chi connectivity index (χ2v) is 6.39. The molecular weight excluding hydrogens is 346 g/mol. The van der Waals surface area contributed by atoms with Crippen LogP contribution in [0.15, 0.2) is 36.4 Å². The summed E-state index contributed by atoms with van der Waals surface area (Å²) in [6.07, 6.45) is 1.00. The van der Waals surface area contributed by atoms with E-state index in [0.717, 1.165) is 12.0 Å². The van der Waals surface area contributed by atoms with Crippen molar-refractivity contribution < 1.29 is 23.8 Å². The van der Waals surface area contributed by atoms with Crippen molar-refractivity contribution in [2.24, 2.45) is 0 Å². The largest absolute Gasteiger partial charge is 0.495 e. The predicted molar refractivity (Wildman–Crippen MR) is 102 cm³/mol. The minimum absolute atomic E-state index is 0.0877. The third-order valence-corrected chi connectivity index (χ3v) is 4.28. The number of Topliss-reactive ketones (excluding diaryl/α,β-unsaturated/α-hetero) is 1. The zero-order chi connectivity index (χ0) is 19.2. The molecule has 3 rings (SSSR count). The van der Waals surface area contributed by atoms with Gasteiger partial charge in [0.05, 0.1) is 26.0 Å². The van der Waals surface area contributed by atoms with Gasteiger partial charge in [0, 0.05) is 24.8 Å². The van der Waals surface area contributed by atoms with Gasteiger partial charge in [-0.3, -0.25) is 9.59 Å². The Morgan fingerprint density at radius 1 is 1.04 bits per heavy atom. The van der Waals surface area contributed by atoms with Gasteiger partial charge in [0.15, 0.2) is 17.3 Å². The minimum atomic E-state index is -0.235. The van der Waals surface area contributed by atoms with Gasteiger partial charge in [0.2, 0.25) is 5.91 Å². The van der Waals surface area contributed by atoms with Gasteiger partial charge in [0.1, 0.15) is 5.75 Å². The van der Waals surface area contributed by atoms with E-state index in [4.69, 9.17) is 14.2 Å². The molecule has 6 nitrogen and oxygen atoms in total. The van der Waals surface area contributed by atoms with Gasteiger partial charge < -0.3 is 19.5 Å². The molecule has 6 heteroatoms. The van der Waals surface area contributed by atoms with Gasteiger partial charge in [-0.2, -0.15) is 0 Å². The van der Waals surface area contributed by atoms with Crippen LogP contribution in [0.1, 0.15) is 35.2 Å². The lowest BCUT2D eigenvalue weighted by atomic mass is 10.1. The molecule has 0 spiro atoms. The van der Waals surface area contributed by atoms with Crippen LogP contribution in [-0.2, 0) is 4.79 Å². The molecule has 2 aromatic rings. The first kappa shape index (κ1) is 18.8. The summed E-state index contributed by atoms with van der Waals surface area (Å²) in [5, 5.41) is 2.81. The smallest absolute Gasteiger partial charge is 0.224 e. The summed E-state index contributed by atoms with van der Waals surface area (Å²) in [7, 11) is 1.55. The van der Waals surface area contributed by atoms with E-state index in [1.54, 1.807) is 31.4 Å². The average Bonchev–Trinajstić information content (AvgIpc) is 2.91. The monoisotopic (exact) mass is 369 g/mol. The van der Waals surface area contributed by atoms with Gasteiger partial charge in [-0.05, 0) is 42.8 Å². The fourth-order valence-electron chi connectivity index (χ4n) is 2.84. The van der Waals surface area contributed by atoms with E-state index in [0.29, 0.717) is 41.7 Å². The number of fused-ring (bicyclic) bond motifs is 1. The summed E-state index contributed by atoms with van der Waals surface area (Å²) < 4.78 is 16.4. The maximum Gasteiger partial charge on any atom is 0.224 e. The quantitative estimate of drug-likeness (QED) is 0.785. The molecule has 0 aromatic heterocycles. The number of aryl methyl sites for hydroxylation is 1. The van der Waals surface area contributed by atoms with E-state index >= 15 is 0 Å². The molecule has 1 N–H and O–H groups in total. The first-order valence-corrected chi connectivity index (χ1v) is 8.94. The summed E-state index contributed by atoms with van der Waals surface area (Å²) >= 11 is 0. The lowest BCUT2D eigenvalue weighted by Crippen LogP contribution is -2.14. The highest BCUT2D eigenvalue weighted by molar-refractivity contribution is 6.00. The van der Waals surface area contributed by atoms with Gasteiger partial charge >= 0.3 is 0 Å². The standard InChI is InChI=1S/C21H23NO5/c1-14-4-7-18(25-2)16(12-14)22-21(24)9-6-17(23)15-5-8-19-20(13-15)27-11-3-10-26-19/h4-5,7-8,12-13H,3,6,9-11H2,1-2H3,(H,22,24). The molecule has 1 aliphatic rings. The average molecular weight is 369 g/mol. The van der Waals surface area contributed by atoms with Crippen LogP contribution in [0.25, 0.3) is 0 Å². The molecule has 0 aliphatic carbocycles. The summed E-state index contributed by atoms with van der Waals surface area (Å²) in [4.78, 5) is 24.7. The van der Waals surface area contributed by atoms with Crippen molar-refractivity contribution in [3.8, 4) is 17.2 Å². The van der Waals surface area contributed by atoms with Crippen LogP contribution in [0.5, 0.6) is 17.2 Å². The Morgan fingerprint density at radius 3 is 2.59 bits per heavy atom. The molecule has 0 radical (unpaired) electrons. The Labute approximate surface area is 158 Å². The summed E-state index contributed by atoms with van der Waals surface area (Å²) in [5.41, 5.74) is 2.13. The van der Waals surface area contributed by atoms with E-state index in [1.165, 1.54) is 0 Å². The fraction of sp³-hybridized carbons (Fsp3) is 0.333. The zero-order valence-electron chi connectivity index (χ0n) is 15.5. The highest BCUT2D eigenvalue weighted by atomic mass is 16.5. The molecule has 1 heterocycles. The first-order valence-electron chi connectivity index (χ1n) is 8.94. The van der Waals surface area contributed by atoms with Gasteiger partial charge in [-0.1, -0.05) is 6.07 Å². The van der Waals surface area contributed by atoms with E-state index in [-0.39, 0.29) is 24.5 Å². The molecule has 2 aromatic carbocycles. The molecule has 27 heavy (non-hydrogen) atoms. The molecular formula is C21H23NO5. The molecule has 0 unspecified atom stereocenters. The third kappa shape index (κ3) is 4.78. The predicted octanol–water partition coefficient (Wildman–Crippen LogP) is 3.77. The number of carbonyl (C=O) groups is 2. The van der Waals surface area contributed by atoms with Crippen LogP contribution >= 0.6 is 0 Å². The van der Waals surface area contributed by atoms with Crippen molar-refractivity contribution >= 4 is 17.4 Å². The molecule has 0 bridgehead atoms. The first-order chi connectivity index (χ1) is 13.1. The molecule has 1 amide bonds. The van der Waals surface area contributed by atoms with Crippen LogP contribution < -0.4 is 19.5 Å². The van der Waals surface area contributed by atoms with Gasteiger partial charge in [-0.15, -0.1) is 0 Å². The fourth-order valence-corrected chi connectivity index (χ4v) is 2.84. The van der Waals surface area contributed by atoms with Crippen LogP contribution in [-0.4, -0.2) is 32.0 Å². The number of amides is 1. The Kier molecular flexibility index (Phi) is 5.96. The zero-order valence-corrected chi connectivity index (χ0v) is 15.5. The number of carbonyl (C=O) groups excluding carboxylic acids is 2. The summed E-state index contributed by atoms with van der Waals surface area (Å²) in [6.45, 7) is 3.09. The number of rotatable bonds is 6. The SMILES string of the molecule is COc1ccc(C)cc1NC(=O)CCC(=O)c1ccc2c(c1)OCCCO2. The lowest BCUT2D eigenvalue weighted by molar-refractivity contribution is -0.116. The minimum Gasteiger partial charge on any atom is -0.495 e. The van der Waals surface area contributed by atoms with E-state index < -0.39 is 0 Å². The molecule has 0 atom stereocenters. The normalized spacial score (nSPS) is 12.8. The Balaban J connectivity index is 1.60. The van der Waals surface area contributed by atoms with Gasteiger partial charge in [-0.25, -0.2) is 0 Å². The molecule has 1 aliphatic heterocycles. The molecule has 142 valence electrons. The van der Waals surface area contributed by atoms with Crippen molar-refractivity contribution in [1.82, 2.24) is 0 Å². The molecule has 0 saturated heterocycles. The van der Waals surface area contributed by atoms with E-state index in [9.17, 15) is 9.59 Å². The number of ketones is 1. The number of nitrogens with one attached hydrogen (secondary N) is 1. The Hall–Kier alpha value is -3.02. The number of benzene rings is 2. The second-order valence-electron chi connectivity index (χ2n) is 6.39. The summed E-state index contributed by atoms with van der Waals surface area (Å²) in [6, 6.07) is 10.7. The van der Waals surface area contributed by atoms with Crippen LogP contribution in [0.4, 0.5) is 5.69 Å². The number of anilines is 1. The van der Waals surface area contributed by atoms with Gasteiger partial charge in [0.25, 0.3) is 0 Å². The van der Waals surface area contributed by atoms with E-state index in [1.807, 2.05) is 19.1 Å². The number of ether oxygens (including phenoxy) is 3. The molecule has 0 fully saturated rings. The van der Waals surface area contributed by atoms with Crippen LogP contribution in [0.2, 0.25) is 0 Å². The van der Waals surface area contributed by atoms with E-state index in [2.05, 4.69) is 5.32 Å². The topological polar surface area (TPSA) is 73.9 Å². The van der Waals surface area contributed by atoms with Crippen molar-refractivity contribution in [3.05, 3.63) is 47.5 Å². The second kappa shape index (κ2) is 8.58. The van der Waals surface area contributed by atoms with Crippen molar-refractivity contribution in [2.45, 2.75) is 26.2 Å². The highest BCUT2D eigenvalue weighted by Gasteiger charge is 2.16. The number of methoxy groups -OCH3 is 1. The maximum absolute atomic E-state index is 12.4. The third-order valence-electron chi connectivity index (χ3n) is 4.28. The van der Waals surface area contributed by atoms with Crippen molar-refractivity contribution in [2.75, 3.05) is 25.6 Å². The Morgan fingerprint density at radius 2 is 1.81 bits per heavy atom.